The van der Waals surface area contributed by atoms with Crippen molar-refractivity contribution in [3.05, 3.63) is 44.7 Å². The van der Waals surface area contributed by atoms with Gasteiger partial charge in [0.05, 0.1) is 17.1 Å². The van der Waals surface area contributed by atoms with E-state index in [1.165, 1.54) is 24.0 Å². The van der Waals surface area contributed by atoms with E-state index in [0.717, 1.165) is 34.8 Å². The fourth-order valence-corrected chi connectivity index (χ4v) is 4.63. The summed E-state index contributed by atoms with van der Waals surface area (Å²) in [5, 5.41) is 2.18. The van der Waals surface area contributed by atoms with E-state index in [0.29, 0.717) is 13.1 Å². The number of rotatable bonds is 1. The van der Waals surface area contributed by atoms with Gasteiger partial charge in [-0.25, -0.2) is 9.97 Å². The third-order valence-corrected chi connectivity index (χ3v) is 5.97. The van der Waals surface area contributed by atoms with Gasteiger partial charge < -0.3 is 4.90 Å². The molecule has 24 heavy (non-hydrogen) atoms. The second-order valence-electron chi connectivity index (χ2n) is 7.85. The third-order valence-electron chi connectivity index (χ3n) is 4.91. The van der Waals surface area contributed by atoms with Gasteiger partial charge in [-0.1, -0.05) is 20.8 Å². The second-order valence-corrected chi connectivity index (χ2v) is 8.73. The van der Waals surface area contributed by atoms with E-state index in [1.807, 2.05) is 11.1 Å². The number of nitrogens with zero attached hydrogens (tertiary/aromatic N) is 3. The van der Waals surface area contributed by atoms with Crippen molar-refractivity contribution in [3.8, 4) is 0 Å². The van der Waals surface area contributed by atoms with Crippen LogP contribution in [0.3, 0.4) is 0 Å². The van der Waals surface area contributed by atoms with E-state index in [4.69, 9.17) is 4.98 Å². The summed E-state index contributed by atoms with van der Waals surface area (Å²) in [7, 11) is 0. The summed E-state index contributed by atoms with van der Waals surface area (Å²) < 4.78 is 0. The molecule has 1 aliphatic heterocycles. The Bertz CT molecular complexity index is 803. The molecular formula is C19H23N3OS. The van der Waals surface area contributed by atoms with Gasteiger partial charge in [0, 0.05) is 23.7 Å². The Balaban J connectivity index is 1.58. The zero-order chi connectivity index (χ0) is 16.9. The maximum Gasteiger partial charge on any atom is 0.264 e. The topological polar surface area (TPSA) is 46.1 Å². The Kier molecular flexibility index (Phi) is 3.71. The highest BCUT2D eigenvalue weighted by Crippen LogP contribution is 2.33. The number of hydrogen-bond donors (Lipinski definition) is 0. The first-order chi connectivity index (χ1) is 11.4. The number of carbonyl (C=O) groups excluding carboxylic acids is 1. The first-order valence-corrected chi connectivity index (χ1v) is 9.55. The highest BCUT2D eigenvalue weighted by atomic mass is 32.1. The summed E-state index contributed by atoms with van der Waals surface area (Å²) in [5.74, 6) is 1.02. The maximum atomic E-state index is 13.0. The molecule has 126 valence electrons. The van der Waals surface area contributed by atoms with Crippen LogP contribution in [0.25, 0.3) is 0 Å². The van der Waals surface area contributed by atoms with Crippen LogP contribution in [-0.2, 0) is 31.3 Å². The SMILES string of the molecule is CC(C)(C)c1ncc2c(n1)CN(C(=O)c1scc3c1CCCC3)C2. The summed E-state index contributed by atoms with van der Waals surface area (Å²) in [6.07, 6.45) is 6.52. The monoisotopic (exact) mass is 341 g/mol. The normalized spacial score (nSPS) is 16.9. The molecule has 0 atom stereocenters. The Morgan fingerprint density at radius 2 is 1.96 bits per heavy atom. The highest BCUT2D eigenvalue weighted by Gasteiger charge is 2.30. The molecular weight excluding hydrogens is 318 g/mol. The number of fused-ring (bicyclic) bond motifs is 2. The van der Waals surface area contributed by atoms with Crippen molar-refractivity contribution in [1.82, 2.24) is 14.9 Å². The van der Waals surface area contributed by atoms with Crippen molar-refractivity contribution in [1.29, 1.82) is 0 Å². The van der Waals surface area contributed by atoms with Gasteiger partial charge in [0.15, 0.2) is 0 Å². The number of aryl methyl sites for hydroxylation is 1. The van der Waals surface area contributed by atoms with E-state index in [9.17, 15) is 4.79 Å². The predicted molar refractivity (Wildman–Crippen MR) is 95.3 cm³/mol. The minimum absolute atomic E-state index is 0.0702. The molecule has 2 aromatic heterocycles. The van der Waals surface area contributed by atoms with Crippen molar-refractivity contribution >= 4 is 17.2 Å². The fraction of sp³-hybridized carbons (Fsp3) is 0.526. The van der Waals surface area contributed by atoms with Crippen molar-refractivity contribution in [2.75, 3.05) is 0 Å². The molecule has 2 aliphatic rings. The number of hydrogen-bond acceptors (Lipinski definition) is 4. The lowest BCUT2D eigenvalue weighted by Crippen LogP contribution is -2.26. The van der Waals surface area contributed by atoms with E-state index in [1.54, 1.807) is 11.3 Å². The van der Waals surface area contributed by atoms with Crippen molar-refractivity contribution < 1.29 is 4.79 Å². The minimum Gasteiger partial charge on any atom is -0.328 e. The molecule has 0 radical (unpaired) electrons. The van der Waals surface area contributed by atoms with Crippen LogP contribution >= 0.6 is 11.3 Å². The maximum absolute atomic E-state index is 13.0. The largest absolute Gasteiger partial charge is 0.328 e. The Morgan fingerprint density at radius 1 is 1.17 bits per heavy atom. The lowest BCUT2D eigenvalue weighted by atomic mass is 9.94. The quantitative estimate of drug-likeness (QED) is 0.791. The van der Waals surface area contributed by atoms with Crippen LogP contribution in [-0.4, -0.2) is 20.8 Å². The number of amides is 1. The van der Waals surface area contributed by atoms with Crippen molar-refractivity contribution in [3.63, 3.8) is 0 Å². The summed E-state index contributed by atoms with van der Waals surface area (Å²) in [4.78, 5) is 25.1. The van der Waals surface area contributed by atoms with Gasteiger partial charge in [0.1, 0.15) is 5.82 Å². The van der Waals surface area contributed by atoms with E-state index in [-0.39, 0.29) is 11.3 Å². The molecule has 4 rings (SSSR count). The molecule has 0 N–H and O–H groups in total. The summed E-state index contributed by atoms with van der Waals surface area (Å²) in [6.45, 7) is 7.58. The van der Waals surface area contributed by atoms with Crippen LogP contribution in [0.5, 0.6) is 0 Å². The van der Waals surface area contributed by atoms with Crippen LogP contribution in [0.2, 0.25) is 0 Å². The second kappa shape index (κ2) is 5.66. The zero-order valence-electron chi connectivity index (χ0n) is 14.6. The number of aromatic nitrogens is 2. The zero-order valence-corrected chi connectivity index (χ0v) is 15.4. The van der Waals surface area contributed by atoms with E-state index < -0.39 is 0 Å². The molecule has 4 nitrogen and oxygen atoms in total. The first-order valence-electron chi connectivity index (χ1n) is 8.67. The molecule has 0 unspecified atom stereocenters. The van der Waals surface area contributed by atoms with Gasteiger partial charge in [0.25, 0.3) is 5.91 Å². The standard InChI is InChI=1S/C19H23N3OS/c1-19(2,3)18-20-8-13-9-22(10-15(13)21-18)17(23)16-14-7-5-4-6-12(14)11-24-16/h8,11H,4-7,9-10H2,1-3H3. The molecule has 0 aromatic carbocycles. The predicted octanol–water partition coefficient (Wildman–Crippen LogP) is 3.87. The molecule has 2 aromatic rings. The van der Waals surface area contributed by atoms with Gasteiger partial charge in [0.2, 0.25) is 0 Å². The Morgan fingerprint density at radius 3 is 2.75 bits per heavy atom. The van der Waals surface area contributed by atoms with Crippen LogP contribution in [0.4, 0.5) is 0 Å². The van der Waals surface area contributed by atoms with Gasteiger partial charge in [-0.3, -0.25) is 4.79 Å². The van der Waals surface area contributed by atoms with Crippen molar-refractivity contribution in [2.24, 2.45) is 0 Å². The molecule has 0 saturated heterocycles. The minimum atomic E-state index is -0.0702. The molecule has 0 bridgehead atoms. The average molecular weight is 341 g/mol. The van der Waals surface area contributed by atoms with Crippen LogP contribution in [0, 0.1) is 0 Å². The van der Waals surface area contributed by atoms with Crippen LogP contribution in [0.1, 0.15) is 71.5 Å². The third kappa shape index (κ3) is 2.65. The fourth-order valence-electron chi connectivity index (χ4n) is 3.50. The van der Waals surface area contributed by atoms with Gasteiger partial charge >= 0.3 is 0 Å². The lowest BCUT2D eigenvalue weighted by molar-refractivity contribution is 0.0754. The summed E-state index contributed by atoms with van der Waals surface area (Å²) in [5.41, 5.74) is 4.71. The van der Waals surface area contributed by atoms with Crippen LogP contribution in [0.15, 0.2) is 11.6 Å². The summed E-state index contributed by atoms with van der Waals surface area (Å²) >= 11 is 1.62. The van der Waals surface area contributed by atoms with Crippen molar-refractivity contribution in [2.45, 2.75) is 65.0 Å². The molecule has 0 spiro atoms. The Labute approximate surface area is 146 Å². The smallest absolute Gasteiger partial charge is 0.264 e. The number of carbonyl (C=O) groups is 1. The van der Waals surface area contributed by atoms with Gasteiger partial charge in [-0.2, -0.15) is 0 Å². The lowest BCUT2D eigenvalue weighted by Gasteiger charge is -2.17. The molecule has 1 aliphatic carbocycles. The molecule has 0 fully saturated rings. The Hall–Kier alpha value is -1.75. The number of thiophene rings is 1. The molecule has 3 heterocycles. The van der Waals surface area contributed by atoms with Gasteiger partial charge in [-0.15, -0.1) is 11.3 Å². The molecule has 1 amide bonds. The highest BCUT2D eigenvalue weighted by molar-refractivity contribution is 7.12. The van der Waals surface area contributed by atoms with E-state index in [2.05, 4.69) is 31.1 Å². The van der Waals surface area contributed by atoms with E-state index >= 15 is 0 Å². The molecule has 0 saturated carbocycles. The van der Waals surface area contributed by atoms with Gasteiger partial charge in [-0.05, 0) is 42.2 Å². The summed E-state index contributed by atoms with van der Waals surface area (Å²) in [6, 6.07) is 0. The van der Waals surface area contributed by atoms with Crippen LogP contribution < -0.4 is 0 Å². The average Bonchev–Trinajstić information content (AvgIpc) is 3.16. The first kappa shape index (κ1) is 15.8. The molecule has 5 heteroatoms.